The Balaban J connectivity index is 4.19. The number of carbonyl (C=O) groups is 2. The van der Waals surface area contributed by atoms with Crippen molar-refractivity contribution >= 4 is 11.9 Å². The van der Waals surface area contributed by atoms with E-state index in [0.29, 0.717) is 19.4 Å². The van der Waals surface area contributed by atoms with Crippen molar-refractivity contribution in [1.82, 2.24) is 0 Å². The molecular formula is C55H98O5. The molecule has 348 valence electrons. The van der Waals surface area contributed by atoms with E-state index in [4.69, 9.17) is 14.2 Å². The summed E-state index contributed by atoms with van der Waals surface area (Å²) in [6.07, 6.45) is 63.7. The summed E-state index contributed by atoms with van der Waals surface area (Å²) < 4.78 is 17.4. The van der Waals surface area contributed by atoms with Crippen LogP contribution in [0.25, 0.3) is 0 Å². The smallest absolute Gasteiger partial charge is 0.306 e. The van der Waals surface area contributed by atoms with Crippen molar-refractivity contribution in [3.63, 3.8) is 0 Å². The van der Waals surface area contributed by atoms with Crippen LogP contribution in [0.5, 0.6) is 0 Å². The van der Waals surface area contributed by atoms with Crippen LogP contribution in [0.3, 0.4) is 0 Å². The third kappa shape index (κ3) is 48.3. The quantitative estimate of drug-likeness (QED) is 0.0347. The molecule has 0 fully saturated rings. The number of unbranched alkanes of at least 4 members (excludes halogenated alkanes) is 26. The van der Waals surface area contributed by atoms with Gasteiger partial charge < -0.3 is 14.2 Å². The lowest BCUT2D eigenvalue weighted by Crippen LogP contribution is -2.30. The van der Waals surface area contributed by atoms with Crippen LogP contribution in [-0.2, 0) is 23.8 Å². The van der Waals surface area contributed by atoms with Crippen molar-refractivity contribution < 1.29 is 23.8 Å². The van der Waals surface area contributed by atoms with Crippen molar-refractivity contribution in [1.29, 1.82) is 0 Å². The lowest BCUT2D eigenvalue weighted by Gasteiger charge is -2.18. The highest BCUT2D eigenvalue weighted by atomic mass is 16.6. The van der Waals surface area contributed by atoms with E-state index in [9.17, 15) is 9.59 Å². The fraction of sp³-hybridized carbons (Fsp3) is 0.782. The minimum atomic E-state index is -0.541. The van der Waals surface area contributed by atoms with Gasteiger partial charge in [0.05, 0.1) is 6.61 Å². The molecule has 0 rings (SSSR count). The SMILES string of the molecule is CC/C=C\C/C=C\C/C=C\CCCCCCCCCC(=O)OCC(COCCCCCCCCCC/C=C\C/C=C\CCCCC)OC(=O)CCCCCCCCCCC. The number of esters is 2. The summed E-state index contributed by atoms with van der Waals surface area (Å²) in [4.78, 5) is 25.3. The molecule has 0 heterocycles. The molecule has 0 aliphatic rings. The first kappa shape index (κ1) is 57.6. The van der Waals surface area contributed by atoms with Crippen LogP contribution in [0.1, 0.15) is 252 Å². The van der Waals surface area contributed by atoms with Gasteiger partial charge >= 0.3 is 11.9 Å². The maximum Gasteiger partial charge on any atom is 0.306 e. The zero-order valence-corrected chi connectivity index (χ0v) is 40.0. The minimum absolute atomic E-state index is 0.0787. The van der Waals surface area contributed by atoms with Gasteiger partial charge in [0.15, 0.2) is 6.10 Å². The number of ether oxygens (including phenoxy) is 3. The van der Waals surface area contributed by atoms with Crippen LogP contribution in [0.2, 0.25) is 0 Å². The second-order valence-electron chi connectivity index (χ2n) is 17.0. The molecule has 1 unspecified atom stereocenters. The van der Waals surface area contributed by atoms with E-state index in [-0.39, 0.29) is 25.2 Å². The third-order valence-corrected chi connectivity index (χ3v) is 11.0. The topological polar surface area (TPSA) is 61.8 Å². The van der Waals surface area contributed by atoms with Gasteiger partial charge in [-0.1, -0.05) is 216 Å². The predicted octanol–water partition coefficient (Wildman–Crippen LogP) is 17.3. The molecule has 0 aliphatic carbocycles. The summed E-state index contributed by atoms with van der Waals surface area (Å²) in [7, 11) is 0. The molecule has 0 saturated carbocycles. The van der Waals surface area contributed by atoms with Crippen molar-refractivity contribution in [2.24, 2.45) is 0 Å². The van der Waals surface area contributed by atoms with E-state index in [1.807, 2.05) is 0 Å². The summed E-state index contributed by atoms with van der Waals surface area (Å²) >= 11 is 0. The largest absolute Gasteiger partial charge is 0.462 e. The zero-order valence-electron chi connectivity index (χ0n) is 40.0. The van der Waals surface area contributed by atoms with Gasteiger partial charge in [-0.3, -0.25) is 9.59 Å². The lowest BCUT2D eigenvalue weighted by molar-refractivity contribution is -0.163. The van der Waals surface area contributed by atoms with Crippen LogP contribution >= 0.6 is 0 Å². The molecule has 0 radical (unpaired) electrons. The van der Waals surface area contributed by atoms with Gasteiger partial charge in [-0.25, -0.2) is 0 Å². The van der Waals surface area contributed by atoms with Gasteiger partial charge in [0, 0.05) is 19.4 Å². The molecule has 0 aromatic heterocycles. The molecule has 0 amide bonds. The highest BCUT2D eigenvalue weighted by molar-refractivity contribution is 5.70. The number of hydrogen-bond acceptors (Lipinski definition) is 5. The maximum absolute atomic E-state index is 12.7. The van der Waals surface area contributed by atoms with E-state index in [1.54, 1.807) is 0 Å². The molecule has 0 aromatic rings. The first-order chi connectivity index (χ1) is 29.6. The summed E-state index contributed by atoms with van der Waals surface area (Å²) in [6, 6.07) is 0. The molecule has 0 bridgehead atoms. The normalized spacial score (nSPS) is 12.7. The van der Waals surface area contributed by atoms with Crippen molar-refractivity contribution in [3.05, 3.63) is 60.8 Å². The summed E-state index contributed by atoms with van der Waals surface area (Å²) in [6.45, 7) is 7.68. The van der Waals surface area contributed by atoms with E-state index >= 15 is 0 Å². The molecule has 0 spiro atoms. The Morgan fingerprint density at radius 2 is 0.750 bits per heavy atom. The first-order valence-electron chi connectivity index (χ1n) is 25.8. The van der Waals surface area contributed by atoms with Crippen molar-refractivity contribution in [2.75, 3.05) is 19.8 Å². The fourth-order valence-electron chi connectivity index (χ4n) is 7.20. The Morgan fingerprint density at radius 3 is 1.23 bits per heavy atom. The molecule has 1 atom stereocenters. The molecular weight excluding hydrogens is 741 g/mol. The van der Waals surface area contributed by atoms with Crippen LogP contribution in [0, 0.1) is 0 Å². The molecule has 0 aliphatic heterocycles. The molecule has 0 N–H and O–H groups in total. The molecule has 0 aromatic carbocycles. The molecule has 5 heteroatoms. The fourth-order valence-corrected chi connectivity index (χ4v) is 7.20. The number of rotatable bonds is 47. The number of allylic oxidation sites excluding steroid dienone is 10. The second kappa shape index (κ2) is 51.0. The zero-order chi connectivity index (χ0) is 43.5. The average Bonchev–Trinajstić information content (AvgIpc) is 3.25. The van der Waals surface area contributed by atoms with E-state index in [0.717, 1.165) is 77.0 Å². The Hall–Kier alpha value is -2.40. The van der Waals surface area contributed by atoms with E-state index in [2.05, 4.69) is 81.5 Å². The van der Waals surface area contributed by atoms with Gasteiger partial charge in [0.2, 0.25) is 0 Å². The molecule has 5 nitrogen and oxygen atoms in total. The van der Waals surface area contributed by atoms with Crippen LogP contribution < -0.4 is 0 Å². The average molecular weight is 839 g/mol. The van der Waals surface area contributed by atoms with Gasteiger partial charge in [0.1, 0.15) is 6.61 Å². The van der Waals surface area contributed by atoms with Crippen LogP contribution in [0.15, 0.2) is 60.8 Å². The summed E-state index contributed by atoms with van der Waals surface area (Å²) in [5.41, 5.74) is 0. The van der Waals surface area contributed by atoms with E-state index in [1.165, 1.54) is 141 Å². The minimum Gasteiger partial charge on any atom is -0.462 e. The lowest BCUT2D eigenvalue weighted by atomic mass is 10.1. The van der Waals surface area contributed by atoms with E-state index < -0.39 is 6.10 Å². The van der Waals surface area contributed by atoms with Crippen LogP contribution in [0.4, 0.5) is 0 Å². The summed E-state index contributed by atoms with van der Waals surface area (Å²) in [5, 5.41) is 0. The predicted molar refractivity (Wildman–Crippen MR) is 261 cm³/mol. The highest BCUT2D eigenvalue weighted by Crippen LogP contribution is 2.14. The monoisotopic (exact) mass is 839 g/mol. The molecule has 0 saturated heterocycles. The molecule has 60 heavy (non-hydrogen) atoms. The Bertz CT molecular complexity index is 1040. The number of carbonyl (C=O) groups excluding carboxylic acids is 2. The standard InChI is InChI=1S/C55H98O5/c1-4-7-10-13-16-19-21-23-25-27-29-31-33-35-38-41-44-47-50-58-51-53(60-55(57)49-46-43-40-36-18-15-12-9-6-3)52-59-54(56)48-45-42-39-37-34-32-30-28-26-24-22-20-17-14-11-8-5-2/h8,11,16-17,19-20,23-26,53H,4-7,9-10,12-15,18,21-22,27-52H2,1-3H3/b11-8-,19-16-,20-17-,25-23-,26-24-. The number of hydrogen-bond donors (Lipinski definition) is 0. The van der Waals surface area contributed by atoms with Gasteiger partial charge in [-0.05, 0) is 83.5 Å². The Kier molecular flexibility index (Phi) is 48.9. The Morgan fingerprint density at radius 1 is 0.383 bits per heavy atom. The maximum atomic E-state index is 12.7. The Labute approximate surface area is 373 Å². The third-order valence-electron chi connectivity index (χ3n) is 11.0. The van der Waals surface area contributed by atoms with Gasteiger partial charge in [-0.2, -0.15) is 0 Å². The summed E-state index contributed by atoms with van der Waals surface area (Å²) in [5.74, 6) is -0.408. The van der Waals surface area contributed by atoms with Crippen molar-refractivity contribution in [3.8, 4) is 0 Å². The van der Waals surface area contributed by atoms with Crippen LogP contribution in [-0.4, -0.2) is 37.9 Å². The van der Waals surface area contributed by atoms with Gasteiger partial charge in [-0.15, -0.1) is 0 Å². The second-order valence-corrected chi connectivity index (χ2v) is 17.0. The highest BCUT2D eigenvalue weighted by Gasteiger charge is 2.17. The van der Waals surface area contributed by atoms with Crippen molar-refractivity contribution in [2.45, 2.75) is 258 Å². The first-order valence-corrected chi connectivity index (χ1v) is 25.8. The van der Waals surface area contributed by atoms with Gasteiger partial charge in [0.25, 0.3) is 0 Å².